The number of hydrogen-bond acceptors (Lipinski definition) is 4. The smallest absolute Gasteiger partial charge is 0.0860 e. The lowest BCUT2D eigenvalue weighted by atomic mass is 10.0. The lowest BCUT2D eigenvalue weighted by Crippen LogP contribution is -2.45. The predicted molar refractivity (Wildman–Crippen MR) is 85.7 cm³/mol. The fourth-order valence-electron chi connectivity index (χ4n) is 2.99. The normalized spacial score (nSPS) is 20.1. The maximum atomic E-state index is 6.38. The van der Waals surface area contributed by atoms with Crippen molar-refractivity contribution >= 4 is 11.6 Å². The van der Waals surface area contributed by atoms with Gasteiger partial charge in [0.15, 0.2) is 0 Å². The first-order valence-corrected chi connectivity index (χ1v) is 8.13. The van der Waals surface area contributed by atoms with E-state index in [-0.39, 0.29) is 0 Å². The van der Waals surface area contributed by atoms with E-state index in [1.165, 1.54) is 19.3 Å². The number of hydrogen-bond donors (Lipinski definition) is 1. The number of halogens is 1. The van der Waals surface area contributed by atoms with E-state index < -0.39 is 0 Å². The largest absolute Gasteiger partial charge is 0.383 e. The van der Waals surface area contributed by atoms with Crippen LogP contribution >= 0.6 is 11.6 Å². The number of piperidine rings is 1. The topological polar surface area (TPSA) is 42.3 Å². The molecule has 6 heteroatoms. The zero-order valence-electron chi connectivity index (χ0n) is 13.4. The van der Waals surface area contributed by atoms with Crippen molar-refractivity contribution in [2.75, 3.05) is 33.4 Å². The number of nitrogens with one attached hydrogen (secondary N) is 1. The minimum atomic E-state index is 0.571. The van der Waals surface area contributed by atoms with Gasteiger partial charge in [-0.3, -0.25) is 9.58 Å². The van der Waals surface area contributed by atoms with Crippen molar-refractivity contribution in [1.82, 2.24) is 20.0 Å². The van der Waals surface area contributed by atoms with Crippen molar-refractivity contribution < 1.29 is 4.74 Å². The van der Waals surface area contributed by atoms with Gasteiger partial charge in [0.25, 0.3) is 0 Å². The van der Waals surface area contributed by atoms with Gasteiger partial charge in [0.2, 0.25) is 0 Å². The molecule has 1 saturated heterocycles. The van der Waals surface area contributed by atoms with Crippen LogP contribution in [0.1, 0.15) is 30.7 Å². The molecule has 0 radical (unpaired) electrons. The van der Waals surface area contributed by atoms with Gasteiger partial charge in [-0.25, -0.2) is 0 Å². The van der Waals surface area contributed by atoms with Crippen LogP contribution < -0.4 is 5.32 Å². The molecule has 0 spiro atoms. The summed E-state index contributed by atoms with van der Waals surface area (Å²) in [6.07, 6.45) is 3.82. The molecule has 1 unspecified atom stereocenters. The summed E-state index contributed by atoms with van der Waals surface area (Å²) >= 11 is 6.38. The molecule has 1 aromatic rings. The van der Waals surface area contributed by atoms with Crippen LogP contribution in [0.3, 0.4) is 0 Å². The standard InChI is InChI=1S/C15H27ClN4O/c1-12-15(16)14(19(2)18-12)11-20-8-5-4-6-13(20)10-17-7-9-21-3/h13,17H,4-11H2,1-3H3. The predicted octanol–water partition coefficient (Wildman–Crippen LogP) is 1.97. The van der Waals surface area contributed by atoms with E-state index in [0.717, 1.165) is 49.2 Å². The van der Waals surface area contributed by atoms with E-state index >= 15 is 0 Å². The summed E-state index contributed by atoms with van der Waals surface area (Å²) in [4.78, 5) is 2.53. The minimum absolute atomic E-state index is 0.571. The molecule has 0 bridgehead atoms. The highest BCUT2D eigenvalue weighted by molar-refractivity contribution is 6.31. The number of aryl methyl sites for hydroxylation is 2. The molecule has 21 heavy (non-hydrogen) atoms. The molecule has 1 aliphatic heterocycles. The van der Waals surface area contributed by atoms with E-state index in [1.807, 2.05) is 18.7 Å². The third-order valence-corrected chi connectivity index (χ3v) is 4.72. The molecule has 2 rings (SSSR count). The second-order valence-corrected chi connectivity index (χ2v) is 6.16. The van der Waals surface area contributed by atoms with E-state index in [0.29, 0.717) is 6.04 Å². The second kappa shape index (κ2) is 8.13. The highest BCUT2D eigenvalue weighted by Crippen LogP contribution is 2.24. The van der Waals surface area contributed by atoms with E-state index in [9.17, 15) is 0 Å². The molecule has 0 aromatic carbocycles. The number of rotatable bonds is 7. The van der Waals surface area contributed by atoms with Crippen LogP contribution in [0.15, 0.2) is 0 Å². The van der Waals surface area contributed by atoms with Crippen molar-refractivity contribution in [3.8, 4) is 0 Å². The van der Waals surface area contributed by atoms with Crippen LogP contribution in [0.5, 0.6) is 0 Å². The lowest BCUT2D eigenvalue weighted by molar-refractivity contribution is 0.130. The highest BCUT2D eigenvalue weighted by Gasteiger charge is 2.24. The molecule has 1 aromatic heterocycles. The molecule has 1 fully saturated rings. The van der Waals surface area contributed by atoms with Crippen molar-refractivity contribution in [2.45, 2.75) is 38.8 Å². The lowest BCUT2D eigenvalue weighted by Gasteiger charge is -2.36. The molecule has 1 aliphatic rings. The number of ether oxygens (including phenoxy) is 1. The minimum Gasteiger partial charge on any atom is -0.383 e. The van der Waals surface area contributed by atoms with Crippen LogP contribution in [0.4, 0.5) is 0 Å². The van der Waals surface area contributed by atoms with Crippen LogP contribution in [-0.2, 0) is 18.3 Å². The Kier molecular flexibility index (Phi) is 6.48. The molecule has 1 atom stereocenters. The highest BCUT2D eigenvalue weighted by atomic mass is 35.5. The molecule has 0 amide bonds. The van der Waals surface area contributed by atoms with Gasteiger partial charge >= 0.3 is 0 Å². The van der Waals surface area contributed by atoms with Crippen molar-refractivity contribution in [1.29, 1.82) is 0 Å². The Labute approximate surface area is 132 Å². The van der Waals surface area contributed by atoms with Crippen LogP contribution in [0.25, 0.3) is 0 Å². The Morgan fingerprint density at radius 2 is 2.24 bits per heavy atom. The zero-order valence-corrected chi connectivity index (χ0v) is 14.1. The summed E-state index contributed by atoms with van der Waals surface area (Å²) in [5.74, 6) is 0. The maximum Gasteiger partial charge on any atom is 0.0860 e. The number of nitrogens with zero attached hydrogens (tertiary/aromatic N) is 3. The third-order valence-electron chi connectivity index (χ3n) is 4.23. The Morgan fingerprint density at radius 3 is 2.90 bits per heavy atom. The Balaban J connectivity index is 1.95. The van der Waals surface area contributed by atoms with Gasteiger partial charge in [0.05, 0.1) is 23.0 Å². The summed E-state index contributed by atoms with van der Waals surface area (Å²) in [5, 5.41) is 8.71. The summed E-state index contributed by atoms with van der Waals surface area (Å²) in [6.45, 7) is 6.67. The number of aromatic nitrogens is 2. The van der Waals surface area contributed by atoms with Crippen LogP contribution in [0.2, 0.25) is 5.02 Å². The maximum absolute atomic E-state index is 6.38. The van der Waals surface area contributed by atoms with Gasteiger partial charge in [-0.1, -0.05) is 18.0 Å². The Morgan fingerprint density at radius 1 is 1.43 bits per heavy atom. The summed E-state index contributed by atoms with van der Waals surface area (Å²) in [6, 6.07) is 0.571. The van der Waals surface area contributed by atoms with Gasteiger partial charge in [-0.05, 0) is 26.3 Å². The van der Waals surface area contributed by atoms with Gasteiger partial charge in [-0.2, -0.15) is 5.10 Å². The van der Waals surface area contributed by atoms with Crippen LogP contribution in [0, 0.1) is 6.92 Å². The Hall–Kier alpha value is -0.620. The first-order valence-electron chi connectivity index (χ1n) is 7.75. The van der Waals surface area contributed by atoms with E-state index in [2.05, 4.69) is 15.3 Å². The van der Waals surface area contributed by atoms with E-state index in [1.54, 1.807) is 7.11 Å². The van der Waals surface area contributed by atoms with Gasteiger partial charge in [0.1, 0.15) is 0 Å². The van der Waals surface area contributed by atoms with Gasteiger partial charge in [-0.15, -0.1) is 0 Å². The summed E-state index contributed by atoms with van der Waals surface area (Å²) in [5.41, 5.74) is 2.04. The average Bonchev–Trinajstić information content (AvgIpc) is 2.71. The molecule has 0 aliphatic carbocycles. The molecule has 1 N–H and O–H groups in total. The van der Waals surface area contributed by atoms with Crippen molar-refractivity contribution in [3.63, 3.8) is 0 Å². The quantitative estimate of drug-likeness (QED) is 0.781. The van der Waals surface area contributed by atoms with Gasteiger partial charge < -0.3 is 10.1 Å². The molecular formula is C15H27ClN4O. The monoisotopic (exact) mass is 314 g/mol. The van der Waals surface area contributed by atoms with Crippen molar-refractivity contribution in [3.05, 3.63) is 16.4 Å². The molecule has 5 nitrogen and oxygen atoms in total. The first-order chi connectivity index (χ1) is 10.1. The molecular weight excluding hydrogens is 288 g/mol. The Bertz CT molecular complexity index is 449. The molecule has 2 heterocycles. The third kappa shape index (κ3) is 4.42. The molecule has 0 saturated carbocycles. The molecule has 120 valence electrons. The zero-order chi connectivity index (χ0) is 15.2. The average molecular weight is 315 g/mol. The first kappa shape index (κ1) is 16.7. The van der Waals surface area contributed by atoms with E-state index in [4.69, 9.17) is 16.3 Å². The van der Waals surface area contributed by atoms with Crippen LogP contribution in [-0.4, -0.2) is 54.1 Å². The number of likely N-dealkylation sites (tertiary alicyclic amines) is 1. The summed E-state index contributed by atoms with van der Waals surface area (Å²) in [7, 11) is 3.71. The van der Waals surface area contributed by atoms with Gasteiger partial charge in [0, 0.05) is 39.8 Å². The summed E-state index contributed by atoms with van der Waals surface area (Å²) < 4.78 is 7.00. The SMILES string of the molecule is COCCNCC1CCCCN1Cc1c(Cl)c(C)nn1C. The fourth-order valence-corrected chi connectivity index (χ4v) is 3.21. The van der Waals surface area contributed by atoms with Crippen molar-refractivity contribution in [2.24, 2.45) is 7.05 Å². The number of methoxy groups -OCH3 is 1. The second-order valence-electron chi connectivity index (χ2n) is 5.79. The fraction of sp³-hybridized carbons (Fsp3) is 0.800.